The average molecular weight is 395 g/mol. The molecule has 0 spiro atoms. The molecule has 0 radical (unpaired) electrons. The van der Waals surface area contributed by atoms with Crippen LogP contribution in [0.15, 0.2) is 29.2 Å². The smallest absolute Gasteiger partial charge is 0.313 e. The van der Waals surface area contributed by atoms with Gasteiger partial charge in [-0.1, -0.05) is 19.1 Å². The molecule has 1 aliphatic heterocycles. The highest BCUT2D eigenvalue weighted by Crippen LogP contribution is 2.21. The topological polar surface area (TPSA) is 61.8 Å². The highest BCUT2D eigenvalue weighted by atomic mass is 32.2. The van der Waals surface area contributed by atoms with E-state index in [0.29, 0.717) is 19.6 Å². The monoisotopic (exact) mass is 394 g/mol. The van der Waals surface area contributed by atoms with Crippen LogP contribution in [0, 0.1) is 0 Å². The molecule has 0 aromatic heterocycles. The number of rotatable bonds is 12. The number of hydrogen-bond acceptors (Lipinski definition) is 6. The molecule has 5 nitrogen and oxygen atoms in total. The van der Waals surface area contributed by atoms with Crippen molar-refractivity contribution in [1.29, 1.82) is 0 Å². The van der Waals surface area contributed by atoms with Crippen LogP contribution in [0.4, 0.5) is 0 Å². The van der Waals surface area contributed by atoms with Crippen LogP contribution in [0.1, 0.15) is 51.0 Å². The first-order valence-corrected chi connectivity index (χ1v) is 10.8. The Balaban J connectivity index is 1.59. The van der Waals surface area contributed by atoms with Gasteiger partial charge in [0, 0.05) is 23.7 Å². The van der Waals surface area contributed by atoms with Gasteiger partial charge in [0.05, 0.1) is 13.2 Å². The Bertz CT molecular complexity index is 584. The van der Waals surface area contributed by atoms with E-state index in [1.54, 1.807) is 18.7 Å². The third-order valence-corrected chi connectivity index (χ3v) is 5.37. The molecule has 1 unspecified atom stereocenters. The first-order chi connectivity index (χ1) is 13.2. The molecule has 2 rings (SSSR count). The van der Waals surface area contributed by atoms with Crippen LogP contribution in [0.3, 0.4) is 0 Å². The van der Waals surface area contributed by atoms with E-state index in [-0.39, 0.29) is 18.5 Å². The van der Waals surface area contributed by atoms with Crippen LogP contribution in [0.5, 0.6) is 0 Å². The fraction of sp³-hybridized carbons (Fsp3) is 0.619. The maximum atomic E-state index is 11.4. The van der Waals surface area contributed by atoms with Gasteiger partial charge in [0.2, 0.25) is 0 Å². The number of ether oxygens (including phenoxy) is 3. The van der Waals surface area contributed by atoms with Crippen LogP contribution in [-0.4, -0.2) is 43.6 Å². The summed E-state index contributed by atoms with van der Waals surface area (Å²) in [6.07, 6.45) is 5.18. The molecule has 0 aliphatic carbocycles. The highest BCUT2D eigenvalue weighted by molar-refractivity contribution is 7.99. The van der Waals surface area contributed by atoms with Crippen LogP contribution < -0.4 is 0 Å². The molecule has 0 bridgehead atoms. The molecule has 27 heavy (non-hydrogen) atoms. The number of Topliss-reactive ketones (excluding diaryl/α,β-unsaturated/α-hetero) is 1. The van der Waals surface area contributed by atoms with Crippen molar-refractivity contribution in [1.82, 2.24) is 0 Å². The summed E-state index contributed by atoms with van der Waals surface area (Å²) < 4.78 is 16.5. The quantitative estimate of drug-likeness (QED) is 0.229. The van der Waals surface area contributed by atoms with Gasteiger partial charge in [-0.05, 0) is 49.8 Å². The van der Waals surface area contributed by atoms with Crippen LogP contribution in [-0.2, 0) is 30.2 Å². The number of carbonyl (C=O) groups excluding carboxylic acids is 2. The molecule has 0 saturated carbocycles. The molecule has 1 aromatic carbocycles. The van der Waals surface area contributed by atoms with E-state index < -0.39 is 5.97 Å². The van der Waals surface area contributed by atoms with Crippen molar-refractivity contribution in [2.75, 3.05) is 25.6 Å². The second kappa shape index (κ2) is 12.9. The summed E-state index contributed by atoms with van der Waals surface area (Å²) in [5, 5.41) is 0. The van der Waals surface area contributed by atoms with E-state index >= 15 is 0 Å². The second-order valence-electron chi connectivity index (χ2n) is 6.56. The van der Waals surface area contributed by atoms with Crippen LogP contribution in [0.25, 0.3) is 0 Å². The Labute approximate surface area is 166 Å². The van der Waals surface area contributed by atoms with Crippen molar-refractivity contribution in [2.45, 2.75) is 63.1 Å². The lowest BCUT2D eigenvalue weighted by Gasteiger charge is -2.22. The maximum absolute atomic E-state index is 11.4. The predicted molar refractivity (Wildman–Crippen MR) is 106 cm³/mol. The zero-order valence-corrected chi connectivity index (χ0v) is 16.9. The van der Waals surface area contributed by atoms with E-state index in [1.165, 1.54) is 16.9 Å². The lowest BCUT2D eigenvalue weighted by molar-refractivity contribution is -0.161. The van der Waals surface area contributed by atoms with E-state index in [1.807, 2.05) is 0 Å². The lowest BCUT2D eigenvalue weighted by Crippen LogP contribution is -2.23. The summed E-state index contributed by atoms with van der Waals surface area (Å²) in [7, 11) is 0. The first kappa shape index (κ1) is 21.9. The molecule has 1 aromatic rings. The summed E-state index contributed by atoms with van der Waals surface area (Å²) in [4.78, 5) is 23.8. The Kier molecular flexibility index (Phi) is 10.5. The van der Waals surface area contributed by atoms with Gasteiger partial charge < -0.3 is 14.2 Å². The summed E-state index contributed by atoms with van der Waals surface area (Å²) in [6, 6.07) is 8.44. The van der Waals surface area contributed by atoms with Gasteiger partial charge in [-0.3, -0.25) is 9.59 Å². The summed E-state index contributed by atoms with van der Waals surface area (Å²) in [5.41, 5.74) is 1.25. The van der Waals surface area contributed by atoms with E-state index in [9.17, 15) is 9.59 Å². The van der Waals surface area contributed by atoms with E-state index in [4.69, 9.17) is 14.2 Å². The molecule has 1 fully saturated rings. The normalized spacial score (nSPS) is 16.9. The fourth-order valence-corrected chi connectivity index (χ4v) is 3.62. The van der Waals surface area contributed by atoms with Crippen molar-refractivity contribution in [3.8, 4) is 0 Å². The molecule has 150 valence electrons. The molecule has 1 aliphatic rings. The van der Waals surface area contributed by atoms with Crippen molar-refractivity contribution in [3.63, 3.8) is 0 Å². The van der Waals surface area contributed by atoms with Gasteiger partial charge in [0.25, 0.3) is 0 Å². The Morgan fingerprint density at radius 2 is 2.15 bits per heavy atom. The number of thioether (sulfide) groups is 1. The molecule has 1 heterocycles. The molecular weight excluding hydrogens is 364 g/mol. The SMILES string of the molecule is CCC(=O)CC(=O)OCCCSc1cccc(CCOC2CCCCO2)c1. The largest absolute Gasteiger partial charge is 0.465 e. The number of esters is 1. The van der Waals surface area contributed by atoms with Gasteiger partial charge in [-0.15, -0.1) is 11.8 Å². The van der Waals surface area contributed by atoms with Gasteiger partial charge in [0.1, 0.15) is 12.2 Å². The van der Waals surface area contributed by atoms with Crippen molar-refractivity contribution in [2.24, 2.45) is 0 Å². The molecule has 1 saturated heterocycles. The molecule has 1 atom stereocenters. The fourth-order valence-electron chi connectivity index (χ4n) is 2.71. The average Bonchev–Trinajstić information content (AvgIpc) is 2.69. The molecular formula is C21H30O5S. The van der Waals surface area contributed by atoms with Crippen molar-refractivity contribution < 1.29 is 23.8 Å². The van der Waals surface area contributed by atoms with Crippen LogP contribution in [0.2, 0.25) is 0 Å². The molecule has 0 amide bonds. The minimum absolute atomic E-state index is 0.0355. The minimum Gasteiger partial charge on any atom is -0.465 e. The Hall–Kier alpha value is -1.37. The standard InChI is InChI=1S/C21H30O5S/c1-2-18(22)16-20(23)24-12-6-14-27-19-8-5-7-17(15-19)10-13-26-21-9-3-4-11-25-21/h5,7-8,15,21H,2-4,6,9-14,16H2,1H3. The first-order valence-electron chi connectivity index (χ1n) is 9.79. The molecule has 6 heteroatoms. The van der Waals surface area contributed by atoms with Crippen LogP contribution >= 0.6 is 11.8 Å². The van der Waals surface area contributed by atoms with E-state index in [2.05, 4.69) is 24.3 Å². The van der Waals surface area contributed by atoms with Crippen molar-refractivity contribution in [3.05, 3.63) is 29.8 Å². The van der Waals surface area contributed by atoms with Gasteiger partial charge in [0.15, 0.2) is 6.29 Å². The predicted octanol–water partition coefficient (Wildman–Crippen LogP) is 4.17. The summed E-state index contributed by atoms with van der Waals surface area (Å²) in [6.45, 7) is 3.58. The summed E-state index contributed by atoms with van der Waals surface area (Å²) in [5.74, 6) is 0.367. The minimum atomic E-state index is -0.421. The zero-order chi connectivity index (χ0) is 19.3. The maximum Gasteiger partial charge on any atom is 0.313 e. The Morgan fingerprint density at radius 3 is 2.93 bits per heavy atom. The van der Waals surface area contributed by atoms with Crippen molar-refractivity contribution >= 4 is 23.5 Å². The lowest BCUT2D eigenvalue weighted by atomic mass is 10.1. The summed E-state index contributed by atoms with van der Waals surface area (Å²) >= 11 is 1.74. The Morgan fingerprint density at radius 1 is 1.26 bits per heavy atom. The number of carbonyl (C=O) groups is 2. The molecule has 0 N–H and O–H groups in total. The third-order valence-electron chi connectivity index (χ3n) is 4.29. The number of hydrogen-bond donors (Lipinski definition) is 0. The third kappa shape index (κ3) is 9.40. The number of benzene rings is 1. The highest BCUT2D eigenvalue weighted by Gasteiger charge is 2.13. The van der Waals surface area contributed by atoms with Gasteiger partial charge in [-0.25, -0.2) is 0 Å². The van der Waals surface area contributed by atoms with E-state index in [0.717, 1.165) is 38.0 Å². The second-order valence-corrected chi connectivity index (χ2v) is 7.72. The number of ketones is 1. The van der Waals surface area contributed by atoms with Gasteiger partial charge in [-0.2, -0.15) is 0 Å². The van der Waals surface area contributed by atoms with Gasteiger partial charge >= 0.3 is 5.97 Å². The zero-order valence-electron chi connectivity index (χ0n) is 16.1.